The van der Waals surface area contributed by atoms with Crippen molar-refractivity contribution in [2.75, 3.05) is 19.6 Å². The summed E-state index contributed by atoms with van der Waals surface area (Å²) in [5.41, 5.74) is 0.784. The number of carbonyl (C=O) groups excluding carboxylic acids is 1. The fraction of sp³-hybridized carbons (Fsp3) is 0.545. The molecule has 0 saturated heterocycles. The average molecular weight is 369 g/mol. The maximum Gasteiger partial charge on any atom is 0.178 e. The highest BCUT2D eigenvalue weighted by molar-refractivity contribution is 9.12. The molecule has 16 heavy (non-hydrogen) atoms. The molecule has 0 fully saturated rings. The van der Waals surface area contributed by atoms with Crippen LogP contribution in [0, 0.1) is 0 Å². The maximum atomic E-state index is 12.0. The molecule has 0 bridgehead atoms. The van der Waals surface area contributed by atoms with Crippen LogP contribution < -0.4 is 0 Å². The van der Waals surface area contributed by atoms with Crippen LogP contribution in [0.4, 0.5) is 0 Å². The predicted octanol–water partition coefficient (Wildman–Crippen LogP) is 4.19. The number of Topliss-reactive ketones (excluding diaryl/α,β-unsaturated/α-hetero) is 1. The van der Waals surface area contributed by atoms with E-state index in [1.54, 1.807) is 0 Å². The zero-order chi connectivity index (χ0) is 12.1. The van der Waals surface area contributed by atoms with Crippen molar-refractivity contribution in [1.29, 1.82) is 0 Å². The van der Waals surface area contributed by atoms with Crippen LogP contribution in [-0.2, 0) is 0 Å². The maximum absolute atomic E-state index is 12.0. The second-order valence-corrected chi connectivity index (χ2v) is 7.28. The van der Waals surface area contributed by atoms with E-state index in [1.165, 1.54) is 11.3 Å². The summed E-state index contributed by atoms with van der Waals surface area (Å²) in [6, 6.07) is 1.89. The highest BCUT2D eigenvalue weighted by Crippen LogP contribution is 2.32. The summed E-state index contributed by atoms with van der Waals surface area (Å²) in [6.07, 6.45) is 1.08. The van der Waals surface area contributed by atoms with Gasteiger partial charge >= 0.3 is 0 Å². The Balaban J connectivity index is 2.67. The smallest absolute Gasteiger partial charge is 0.178 e. The van der Waals surface area contributed by atoms with Crippen molar-refractivity contribution in [3.8, 4) is 0 Å². The molecular formula is C11H15Br2NOS. The molecule has 2 nitrogen and oxygen atoms in total. The predicted molar refractivity (Wildman–Crippen MR) is 76.5 cm³/mol. The standard InChI is InChI=1S/C11H15Br2NOS/c1-3-5-14(4-2)7-9(15)8-6-10(12)16-11(8)13/h6H,3-5,7H2,1-2H3. The fourth-order valence-electron chi connectivity index (χ4n) is 1.48. The first-order chi connectivity index (χ1) is 7.58. The van der Waals surface area contributed by atoms with Crippen LogP contribution >= 0.6 is 43.2 Å². The molecule has 0 atom stereocenters. The Labute approximate surface area is 117 Å². The molecule has 90 valence electrons. The molecule has 1 aromatic rings. The minimum absolute atomic E-state index is 0.184. The molecule has 1 heterocycles. The molecule has 1 aromatic heterocycles. The number of hydrogen-bond donors (Lipinski definition) is 0. The zero-order valence-corrected chi connectivity index (χ0v) is 13.4. The lowest BCUT2D eigenvalue weighted by Crippen LogP contribution is -2.30. The van der Waals surface area contributed by atoms with Crippen molar-refractivity contribution in [2.24, 2.45) is 0 Å². The van der Waals surface area contributed by atoms with E-state index in [4.69, 9.17) is 0 Å². The second-order valence-electron chi connectivity index (χ2n) is 3.53. The number of rotatable bonds is 6. The van der Waals surface area contributed by atoms with Gasteiger partial charge in [0.25, 0.3) is 0 Å². The zero-order valence-electron chi connectivity index (χ0n) is 9.43. The molecule has 5 heteroatoms. The second kappa shape index (κ2) is 6.89. The van der Waals surface area contributed by atoms with Gasteiger partial charge in [0, 0.05) is 5.56 Å². The van der Waals surface area contributed by atoms with Gasteiger partial charge < -0.3 is 0 Å². The highest BCUT2D eigenvalue weighted by atomic mass is 79.9. The van der Waals surface area contributed by atoms with E-state index in [0.717, 1.165) is 32.6 Å². The third-order valence-electron chi connectivity index (χ3n) is 2.31. The molecule has 0 aliphatic rings. The Morgan fingerprint density at radius 3 is 2.56 bits per heavy atom. The van der Waals surface area contributed by atoms with E-state index in [9.17, 15) is 4.79 Å². The third kappa shape index (κ3) is 3.95. The first-order valence-electron chi connectivity index (χ1n) is 5.28. The van der Waals surface area contributed by atoms with Gasteiger partial charge in [0.15, 0.2) is 5.78 Å². The highest BCUT2D eigenvalue weighted by Gasteiger charge is 2.15. The normalized spacial score (nSPS) is 11.1. The average Bonchev–Trinajstić information content (AvgIpc) is 2.57. The van der Waals surface area contributed by atoms with E-state index in [0.29, 0.717) is 6.54 Å². The van der Waals surface area contributed by atoms with Crippen molar-refractivity contribution in [1.82, 2.24) is 4.90 Å². The number of hydrogen-bond acceptors (Lipinski definition) is 3. The number of likely N-dealkylation sites (N-methyl/N-ethyl adjacent to an activating group) is 1. The Kier molecular flexibility index (Phi) is 6.18. The van der Waals surface area contributed by atoms with Crippen molar-refractivity contribution in [2.45, 2.75) is 20.3 Å². The number of halogens is 2. The molecule has 0 aliphatic heterocycles. The van der Waals surface area contributed by atoms with E-state index in [-0.39, 0.29) is 5.78 Å². The molecule has 0 N–H and O–H groups in total. The number of thiophene rings is 1. The first-order valence-corrected chi connectivity index (χ1v) is 7.69. The van der Waals surface area contributed by atoms with Gasteiger partial charge in [-0.15, -0.1) is 11.3 Å². The lowest BCUT2D eigenvalue weighted by atomic mass is 10.2. The summed E-state index contributed by atoms with van der Waals surface area (Å²) in [7, 11) is 0. The summed E-state index contributed by atoms with van der Waals surface area (Å²) < 4.78 is 1.90. The number of ketones is 1. The van der Waals surface area contributed by atoms with Gasteiger partial charge in [-0.3, -0.25) is 9.69 Å². The molecule has 0 saturated carbocycles. The van der Waals surface area contributed by atoms with Gasteiger partial charge in [-0.1, -0.05) is 13.8 Å². The molecule has 1 rings (SSSR count). The minimum atomic E-state index is 0.184. The van der Waals surface area contributed by atoms with Gasteiger partial charge in [-0.25, -0.2) is 0 Å². The number of carbonyl (C=O) groups is 1. The summed E-state index contributed by atoms with van der Waals surface area (Å²) in [4.78, 5) is 14.2. The first kappa shape index (κ1) is 14.4. The molecule has 0 aliphatic carbocycles. The quantitative estimate of drug-likeness (QED) is 0.701. The molecular weight excluding hydrogens is 354 g/mol. The monoisotopic (exact) mass is 367 g/mol. The van der Waals surface area contributed by atoms with Crippen LogP contribution in [-0.4, -0.2) is 30.3 Å². The molecule has 0 unspecified atom stereocenters. The summed E-state index contributed by atoms with van der Waals surface area (Å²) in [5.74, 6) is 0.184. The summed E-state index contributed by atoms with van der Waals surface area (Å²) >= 11 is 8.35. The lowest BCUT2D eigenvalue weighted by molar-refractivity contribution is 0.0934. The van der Waals surface area contributed by atoms with Crippen molar-refractivity contribution in [3.63, 3.8) is 0 Å². The minimum Gasteiger partial charge on any atom is -0.296 e. The van der Waals surface area contributed by atoms with Crippen LogP contribution in [0.25, 0.3) is 0 Å². The van der Waals surface area contributed by atoms with E-state index in [1.807, 2.05) is 6.07 Å². The van der Waals surface area contributed by atoms with Crippen LogP contribution in [0.2, 0.25) is 0 Å². The van der Waals surface area contributed by atoms with Crippen molar-refractivity contribution >= 4 is 49.0 Å². The fourth-order valence-corrected chi connectivity index (χ4v) is 4.34. The van der Waals surface area contributed by atoms with Crippen LogP contribution in [0.1, 0.15) is 30.6 Å². The van der Waals surface area contributed by atoms with Gasteiger partial charge in [0.2, 0.25) is 0 Å². The van der Waals surface area contributed by atoms with E-state index >= 15 is 0 Å². The SMILES string of the molecule is CCCN(CC)CC(=O)c1cc(Br)sc1Br. The van der Waals surface area contributed by atoms with Gasteiger partial charge in [0.05, 0.1) is 14.1 Å². The Bertz CT molecular complexity index is 365. The number of nitrogens with zero attached hydrogens (tertiary/aromatic N) is 1. The van der Waals surface area contributed by atoms with Gasteiger partial charge in [-0.05, 0) is 57.4 Å². The Morgan fingerprint density at radius 1 is 1.44 bits per heavy atom. The topological polar surface area (TPSA) is 20.3 Å². The van der Waals surface area contributed by atoms with Crippen molar-refractivity contribution < 1.29 is 4.79 Å². The Hall–Kier alpha value is 0.290. The molecule has 0 spiro atoms. The lowest BCUT2D eigenvalue weighted by Gasteiger charge is -2.18. The molecule has 0 amide bonds. The van der Waals surface area contributed by atoms with Crippen molar-refractivity contribution in [3.05, 3.63) is 19.2 Å². The molecule has 0 radical (unpaired) electrons. The van der Waals surface area contributed by atoms with Crippen LogP contribution in [0.15, 0.2) is 13.6 Å². The largest absolute Gasteiger partial charge is 0.296 e. The van der Waals surface area contributed by atoms with Crippen LogP contribution in [0.5, 0.6) is 0 Å². The van der Waals surface area contributed by atoms with E-state index in [2.05, 4.69) is 50.6 Å². The molecule has 0 aromatic carbocycles. The Morgan fingerprint density at radius 2 is 2.12 bits per heavy atom. The van der Waals surface area contributed by atoms with Gasteiger partial charge in [0.1, 0.15) is 0 Å². The summed E-state index contributed by atoms with van der Waals surface area (Å²) in [5, 5.41) is 0. The third-order valence-corrected chi connectivity index (χ3v) is 4.65. The van der Waals surface area contributed by atoms with Crippen LogP contribution in [0.3, 0.4) is 0 Å². The van der Waals surface area contributed by atoms with E-state index < -0.39 is 0 Å². The summed E-state index contributed by atoms with van der Waals surface area (Å²) in [6.45, 7) is 6.62. The van der Waals surface area contributed by atoms with Gasteiger partial charge in [-0.2, -0.15) is 0 Å².